The van der Waals surface area contributed by atoms with Crippen molar-refractivity contribution in [3.8, 4) is 0 Å². The van der Waals surface area contributed by atoms with Gasteiger partial charge in [-0.25, -0.2) is 4.79 Å². The Bertz CT molecular complexity index is 314. The third-order valence-corrected chi connectivity index (χ3v) is 2.18. The Morgan fingerprint density at radius 2 is 2.07 bits per heavy atom. The maximum atomic E-state index is 10.6. The highest BCUT2D eigenvalue weighted by Crippen LogP contribution is 2.02. The summed E-state index contributed by atoms with van der Waals surface area (Å²) < 4.78 is 0. The van der Waals surface area contributed by atoms with E-state index in [1.54, 1.807) is 0 Å². The average molecular weight is 208 g/mol. The molecule has 4 nitrogen and oxygen atoms in total. The average Bonchev–Trinajstić information content (AvgIpc) is 2.18. The van der Waals surface area contributed by atoms with Crippen molar-refractivity contribution in [2.75, 3.05) is 13.6 Å². The maximum Gasteiger partial charge on any atom is 0.407 e. The molecule has 3 N–H and O–H groups in total. The van der Waals surface area contributed by atoms with Crippen LogP contribution in [-0.4, -0.2) is 35.7 Å². The number of carboxylic acid groups (broad SMARTS) is 1. The van der Waals surface area contributed by atoms with Gasteiger partial charge in [0, 0.05) is 19.6 Å². The van der Waals surface area contributed by atoms with Gasteiger partial charge >= 0.3 is 6.09 Å². The second-order valence-electron chi connectivity index (χ2n) is 3.61. The molecule has 0 bridgehead atoms. The van der Waals surface area contributed by atoms with Gasteiger partial charge in [-0.2, -0.15) is 0 Å². The largest absolute Gasteiger partial charge is 0.465 e. The third-order valence-electron chi connectivity index (χ3n) is 2.18. The van der Waals surface area contributed by atoms with Crippen LogP contribution in [0.2, 0.25) is 0 Å². The molecule has 1 unspecified atom stereocenters. The lowest BCUT2D eigenvalue weighted by Gasteiger charge is -2.18. The summed E-state index contributed by atoms with van der Waals surface area (Å²) in [6.45, 7) is 0.351. The second-order valence-corrected chi connectivity index (χ2v) is 3.61. The SMILES string of the molecule is CN(CC(N)Cc1ccccc1)C(=O)O. The minimum atomic E-state index is -0.946. The Morgan fingerprint density at radius 3 is 2.60 bits per heavy atom. The topological polar surface area (TPSA) is 66.6 Å². The van der Waals surface area contributed by atoms with Crippen LogP contribution in [-0.2, 0) is 6.42 Å². The first-order valence-electron chi connectivity index (χ1n) is 4.83. The summed E-state index contributed by atoms with van der Waals surface area (Å²) in [5, 5.41) is 8.67. The van der Waals surface area contributed by atoms with Crippen LogP contribution in [0.5, 0.6) is 0 Å². The van der Waals surface area contributed by atoms with Crippen LogP contribution in [0.1, 0.15) is 5.56 Å². The molecule has 0 radical (unpaired) electrons. The number of rotatable bonds is 4. The zero-order valence-electron chi connectivity index (χ0n) is 8.76. The van der Waals surface area contributed by atoms with Gasteiger partial charge in [-0.1, -0.05) is 30.3 Å². The van der Waals surface area contributed by atoms with Gasteiger partial charge in [0.15, 0.2) is 0 Å². The molecule has 15 heavy (non-hydrogen) atoms. The van der Waals surface area contributed by atoms with Gasteiger partial charge < -0.3 is 15.7 Å². The molecule has 0 spiro atoms. The van der Waals surface area contributed by atoms with Crippen molar-refractivity contribution < 1.29 is 9.90 Å². The van der Waals surface area contributed by atoms with Crippen molar-refractivity contribution in [1.29, 1.82) is 0 Å². The molecule has 0 aliphatic rings. The highest BCUT2D eigenvalue weighted by Gasteiger charge is 2.11. The molecule has 0 aromatic heterocycles. The predicted molar refractivity (Wildman–Crippen MR) is 58.8 cm³/mol. The van der Waals surface area contributed by atoms with Crippen LogP contribution in [0.3, 0.4) is 0 Å². The number of nitrogens with zero attached hydrogens (tertiary/aromatic N) is 1. The van der Waals surface area contributed by atoms with Crippen LogP contribution in [0.4, 0.5) is 4.79 Å². The molecule has 1 rings (SSSR count). The monoisotopic (exact) mass is 208 g/mol. The first-order valence-corrected chi connectivity index (χ1v) is 4.83. The number of amides is 1. The van der Waals surface area contributed by atoms with Crippen molar-refractivity contribution in [3.05, 3.63) is 35.9 Å². The van der Waals surface area contributed by atoms with Crippen molar-refractivity contribution >= 4 is 6.09 Å². The standard InChI is InChI=1S/C11H16N2O2/c1-13(11(14)15)8-10(12)7-9-5-3-2-4-6-9/h2-6,10H,7-8,12H2,1H3,(H,14,15). The second kappa shape index (κ2) is 5.36. The fourth-order valence-electron chi connectivity index (χ4n) is 1.41. The van der Waals surface area contributed by atoms with Gasteiger partial charge in [0.05, 0.1) is 0 Å². The number of hydrogen-bond acceptors (Lipinski definition) is 2. The molecule has 1 aromatic rings. The van der Waals surface area contributed by atoms with Gasteiger partial charge in [-0.3, -0.25) is 0 Å². The van der Waals surface area contributed by atoms with Gasteiger partial charge in [-0.15, -0.1) is 0 Å². The molecule has 1 amide bonds. The molecule has 1 atom stereocenters. The van der Waals surface area contributed by atoms with E-state index in [-0.39, 0.29) is 6.04 Å². The highest BCUT2D eigenvalue weighted by atomic mass is 16.4. The number of carbonyl (C=O) groups is 1. The summed E-state index contributed by atoms with van der Waals surface area (Å²) in [6.07, 6.45) is -0.253. The van der Waals surface area contributed by atoms with Gasteiger partial charge in [0.25, 0.3) is 0 Å². The molecule has 4 heteroatoms. The van der Waals surface area contributed by atoms with Gasteiger partial charge in [0.2, 0.25) is 0 Å². The summed E-state index contributed by atoms with van der Waals surface area (Å²) in [4.78, 5) is 11.8. The zero-order chi connectivity index (χ0) is 11.3. The number of nitrogens with two attached hydrogens (primary N) is 1. The first-order chi connectivity index (χ1) is 7.09. The Balaban J connectivity index is 2.43. The molecular weight excluding hydrogens is 192 g/mol. The van der Waals surface area contributed by atoms with E-state index in [0.29, 0.717) is 13.0 Å². The van der Waals surface area contributed by atoms with E-state index in [0.717, 1.165) is 5.56 Å². The third kappa shape index (κ3) is 3.99. The molecule has 0 aliphatic heterocycles. The van der Waals surface area contributed by atoms with Crippen LogP contribution >= 0.6 is 0 Å². The minimum absolute atomic E-state index is 0.159. The summed E-state index contributed by atoms with van der Waals surface area (Å²) in [7, 11) is 1.52. The van der Waals surface area contributed by atoms with Crippen LogP contribution in [0.25, 0.3) is 0 Å². The van der Waals surface area contributed by atoms with Gasteiger partial charge in [0.1, 0.15) is 0 Å². The molecule has 0 saturated heterocycles. The first kappa shape index (κ1) is 11.5. The fraction of sp³-hybridized carbons (Fsp3) is 0.364. The van der Waals surface area contributed by atoms with E-state index in [9.17, 15) is 4.79 Å². The summed E-state index contributed by atoms with van der Waals surface area (Å²) in [5.41, 5.74) is 6.97. The quantitative estimate of drug-likeness (QED) is 0.780. The Hall–Kier alpha value is -1.55. The lowest BCUT2D eigenvalue weighted by atomic mass is 10.1. The number of benzene rings is 1. The zero-order valence-corrected chi connectivity index (χ0v) is 8.76. The van der Waals surface area contributed by atoms with E-state index in [2.05, 4.69) is 0 Å². The lowest BCUT2D eigenvalue weighted by molar-refractivity contribution is 0.153. The van der Waals surface area contributed by atoms with Crippen LogP contribution in [0.15, 0.2) is 30.3 Å². The normalized spacial score (nSPS) is 12.1. The van der Waals surface area contributed by atoms with E-state index < -0.39 is 6.09 Å². The van der Waals surface area contributed by atoms with E-state index >= 15 is 0 Å². The van der Waals surface area contributed by atoms with Crippen LogP contribution < -0.4 is 5.73 Å². The van der Waals surface area contributed by atoms with E-state index in [4.69, 9.17) is 10.8 Å². The van der Waals surface area contributed by atoms with Crippen molar-refractivity contribution in [2.24, 2.45) is 5.73 Å². The van der Waals surface area contributed by atoms with E-state index in [1.807, 2.05) is 30.3 Å². The number of likely N-dealkylation sites (N-methyl/N-ethyl adjacent to an activating group) is 1. The summed E-state index contributed by atoms with van der Waals surface area (Å²) in [5.74, 6) is 0. The smallest absolute Gasteiger partial charge is 0.407 e. The lowest BCUT2D eigenvalue weighted by Crippen LogP contribution is -2.39. The maximum absolute atomic E-state index is 10.6. The molecule has 0 aliphatic carbocycles. The van der Waals surface area contributed by atoms with Crippen molar-refractivity contribution in [3.63, 3.8) is 0 Å². The Morgan fingerprint density at radius 1 is 1.47 bits per heavy atom. The van der Waals surface area contributed by atoms with Crippen molar-refractivity contribution in [2.45, 2.75) is 12.5 Å². The van der Waals surface area contributed by atoms with Crippen LogP contribution in [0, 0.1) is 0 Å². The minimum Gasteiger partial charge on any atom is -0.465 e. The fourth-order valence-corrected chi connectivity index (χ4v) is 1.41. The Kier molecular flexibility index (Phi) is 4.12. The Labute approximate surface area is 89.3 Å². The van der Waals surface area contributed by atoms with E-state index in [1.165, 1.54) is 11.9 Å². The molecule has 1 aromatic carbocycles. The molecular formula is C11H16N2O2. The van der Waals surface area contributed by atoms with Gasteiger partial charge in [-0.05, 0) is 12.0 Å². The molecule has 0 heterocycles. The molecule has 0 fully saturated rings. The molecule has 82 valence electrons. The predicted octanol–water partition coefficient (Wildman–Crippen LogP) is 1.17. The highest BCUT2D eigenvalue weighted by molar-refractivity contribution is 5.64. The summed E-state index contributed by atoms with van der Waals surface area (Å²) in [6, 6.07) is 9.65. The number of hydrogen-bond donors (Lipinski definition) is 2. The molecule has 0 saturated carbocycles. The summed E-state index contributed by atoms with van der Waals surface area (Å²) >= 11 is 0. The van der Waals surface area contributed by atoms with Crippen molar-refractivity contribution in [1.82, 2.24) is 4.90 Å².